The molecule has 8 nitrogen and oxygen atoms in total. The first-order valence-electron chi connectivity index (χ1n) is 12.7. The Morgan fingerprint density at radius 2 is 1.55 bits per heavy atom. The minimum Gasteiger partial charge on any atom is -0.481 e. The Hall–Kier alpha value is -4.46. The van der Waals surface area contributed by atoms with Gasteiger partial charge in [0.1, 0.15) is 5.84 Å². The molecule has 1 saturated heterocycles. The van der Waals surface area contributed by atoms with Crippen LogP contribution in [0.1, 0.15) is 40.7 Å². The second kappa shape index (κ2) is 12.2. The quantitative estimate of drug-likeness (QED) is 0.229. The van der Waals surface area contributed by atoms with E-state index in [1.54, 1.807) is 29.2 Å². The zero-order valence-electron chi connectivity index (χ0n) is 21.1. The summed E-state index contributed by atoms with van der Waals surface area (Å²) in [5.41, 5.74) is 9.72. The van der Waals surface area contributed by atoms with Crippen LogP contribution < -0.4 is 11.1 Å². The highest BCUT2D eigenvalue weighted by Crippen LogP contribution is 2.28. The van der Waals surface area contributed by atoms with Crippen LogP contribution in [0.2, 0.25) is 0 Å². The molecule has 1 aliphatic rings. The number of carboxylic acid groups (broad SMARTS) is 1. The van der Waals surface area contributed by atoms with Crippen LogP contribution in [0.15, 0.2) is 78.9 Å². The maximum absolute atomic E-state index is 13.0. The Morgan fingerprint density at radius 3 is 2.13 bits per heavy atom. The van der Waals surface area contributed by atoms with E-state index in [9.17, 15) is 19.5 Å². The standard InChI is InChI=1S/C30H32N4O4/c31-28(32)23-12-8-21(9-13-23)22-10-14-24(15-11-22)29(37)33-19-26-17-25(18-27(35)36)30(38)34(26)16-4-7-20-5-2-1-3-6-20/h1-3,5-6,8-15,25-26H,4,7,16-19H2,(H3,31,32)(H,33,37)(H,35,36)/t25-,26-/m0/s1. The average Bonchev–Trinajstić information content (AvgIpc) is 3.21. The number of amides is 2. The molecule has 0 bridgehead atoms. The zero-order valence-corrected chi connectivity index (χ0v) is 21.1. The van der Waals surface area contributed by atoms with Crippen LogP contribution in [0.3, 0.4) is 0 Å². The summed E-state index contributed by atoms with van der Waals surface area (Å²) in [5, 5.41) is 19.7. The second-order valence-electron chi connectivity index (χ2n) is 9.58. The van der Waals surface area contributed by atoms with E-state index in [1.807, 2.05) is 54.6 Å². The summed E-state index contributed by atoms with van der Waals surface area (Å²) in [6.07, 6.45) is 1.78. The van der Waals surface area contributed by atoms with Gasteiger partial charge in [-0.2, -0.15) is 0 Å². The van der Waals surface area contributed by atoms with Gasteiger partial charge in [-0.25, -0.2) is 0 Å². The highest BCUT2D eigenvalue weighted by Gasteiger charge is 2.40. The van der Waals surface area contributed by atoms with Crippen molar-refractivity contribution in [1.29, 1.82) is 5.41 Å². The van der Waals surface area contributed by atoms with Gasteiger partial charge in [-0.05, 0) is 48.1 Å². The maximum atomic E-state index is 13.0. The number of nitrogen functional groups attached to an aromatic ring is 1. The number of nitrogens with one attached hydrogen (secondary N) is 2. The lowest BCUT2D eigenvalue weighted by Gasteiger charge is -2.25. The van der Waals surface area contributed by atoms with Crippen molar-refractivity contribution in [1.82, 2.24) is 10.2 Å². The zero-order chi connectivity index (χ0) is 27.1. The molecule has 1 heterocycles. The van der Waals surface area contributed by atoms with Crippen LogP contribution in [0, 0.1) is 11.3 Å². The summed E-state index contributed by atoms with van der Waals surface area (Å²) in [6.45, 7) is 0.780. The van der Waals surface area contributed by atoms with Crippen molar-refractivity contribution in [2.24, 2.45) is 11.7 Å². The minimum atomic E-state index is -0.992. The molecular formula is C30H32N4O4. The van der Waals surface area contributed by atoms with Crippen molar-refractivity contribution >= 4 is 23.6 Å². The van der Waals surface area contributed by atoms with Crippen LogP contribution >= 0.6 is 0 Å². The van der Waals surface area contributed by atoms with E-state index in [1.165, 1.54) is 5.56 Å². The Bertz CT molecular complexity index is 1290. The Balaban J connectivity index is 1.36. The number of carboxylic acids is 1. The average molecular weight is 513 g/mol. The van der Waals surface area contributed by atoms with E-state index in [2.05, 4.69) is 5.32 Å². The molecule has 0 radical (unpaired) electrons. The van der Waals surface area contributed by atoms with Crippen molar-refractivity contribution in [2.75, 3.05) is 13.1 Å². The summed E-state index contributed by atoms with van der Waals surface area (Å²) in [5.74, 6) is -1.95. The van der Waals surface area contributed by atoms with Gasteiger partial charge in [0.25, 0.3) is 5.91 Å². The molecule has 196 valence electrons. The summed E-state index contributed by atoms with van der Waals surface area (Å²) in [7, 11) is 0. The monoisotopic (exact) mass is 512 g/mol. The lowest BCUT2D eigenvalue weighted by Crippen LogP contribution is -2.42. The van der Waals surface area contributed by atoms with Crippen molar-refractivity contribution < 1.29 is 19.5 Å². The maximum Gasteiger partial charge on any atom is 0.304 e. The van der Waals surface area contributed by atoms with Gasteiger partial charge in [0.2, 0.25) is 5.91 Å². The number of amidine groups is 1. The van der Waals surface area contributed by atoms with Gasteiger partial charge in [-0.1, -0.05) is 66.7 Å². The molecule has 3 aromatic carbocycles. The molecule has 5 N–H and O–H groups in total. The lowest BCUT2D eigenvalue weighted by atomic mass is 10.0. The number of nitrogens with zero attached hydrogens (tertiary/aromatic N) is 1. The van der Waals surface area contributed by atoms with E-state index < -0.39 is 11.9 Å². The molecular weight excluding hydrogens is 480 g/mol. The number of hydrogen-bond acceptors (Lipinski definition) is 4. The third-order valence-corrected chi connectivity index (χ3v) is 6.93. The normalized spacial score (nSPS) is 16.8. The SMILES string of the molecule is N=C(N)c1ccc(-c2ccc(C(=O)NC[C@@H]3C[C@@H](CC(=O)O)C(=O)N3CCCc3ccccc3)cc2)cc1. The van der Waals surface area contributed by atoms with Crippen LogP contribution in [0.5, 0.6) is 0 Å². The number of nitrogens with two attached hydrogens (primary N) is 1. The number of benzene rings is 3. The minimum absolute atomic E-state index is 0.0107. The molecule has 0 unspecified atom stereocenters. The fraction of sp³-hybridized carbons (Fsp3) is 0.267. The molecule has 0 spiro atoms. The van der Waals surface area contributed by atoms with Crippen LogP contribution in [0.4, 0.5) is 0 Å². The fourth-order valence-electron chi connectivity index (χ4n) is 4.91. The molecule has 0 aromatic heterocycles. The second-order valence-corrected chi connectivity index (χ2v) is 9.58. The highest BCUT2D eigenvalue weighted by atomic mass is 16.4. The van der Waals surface area contributed by atoms with Crippen molar-refractivity contribution in [3.05, 3.63) is 95.6 Å². The smallest absolute Gasteiger partial charge is 0.304 e. The van der Waals surface area contributed by atoms with Gasteiger partial charge < -0.3 is 21.1 Å². The van der Waals surface area contributed by atoms with Crippen molar-refractivity contribution in [2.45, 2.75) is 31.7 Å². The Labute approximate surface area is 222 Å². The number of rotatable bonds is 11. The van der Waals surface area contributed by atoms with Crippen LogP contribution in [-0.2, 0) is 16.0 Å². The summed E-state index contributed by atoms with van der Waals surface area (Å²) < 4.78 is 0. The number of carbonyl (C=O) groups is 3. The molecule has 1 aliphatic heterocycles. The molecule has 2 atom stereocenters. The molecule has 2 amide bonds. The van der Waals surface area contributed by atoms with E-state index in [0.717, 1.165) is 24.0 Å². The first kappa shape index (κ1) is 26.6. The van der Waals surface area contributed by atoms with Gasteiger partial charge in [-0.15, -0.1) is 0 Å². The topological polar surface area (TPSA) is 137 Å². The summed E-state index contributed by atoms with van der Waals surface area (Å²) in [6, 6.07) is 24.3. The first-order valence-corrected chi connectivity index (χ1v) is 12.7. The third kappa shape index (κ3) is 6.64. The van der Waals surface area contributed by atoms with Gasteiger partial charge >= 0.3 is 5.97 Å². The number of hydrogen-bond donors (Lipinski definition) is 4. The van der Waals surface area contributed by atoms with Gasteiger partial charge in [0, 0.05) is 30.3 Å². The molecule has 8 heteroatoms. The molecule has 0 saturated carbocycles. The molecule has 4 rings (SSSR count). The van der Waals surface area contributed by atoms with Gasteiger partial charge in [0.15, 0.2) is 0 Å². The first-order chi connectivity index (χ1) is 18.3. The predicted molar refractivity (Wildman–Crippen MR) is 146 cm³/mol. The molecule has 38 heavy (non-hydrogen) atoms. The third-order valence-electron chi connectivity index (χ3n) is 6.93. The van der Waals surface area contributed by atoms with E-state index in [0.29, 0.717) is 24.1 Å². The van der Waals surface area contributed by atoms with Crippen LogP contribution in [0.25, 0.3) is 11.1 Å². The largest absolute Gasteiger partial charge is 0.481 e. The van der Waals surface area contributed by atoms with Crippen LogP contribution in [-0.4, -0.2) is 52.8 Å². The molecule has 1 fully saturated rings. The van der Waals surface area contributed by atoms with Gasteiger partial charge in [0.05, 0.1) is 12.3 Å². The molecule has 3 aromatic rings. The lowest BCUT2D eigenvalue weighted by molar-refractivity contribution is -0.142. The fourth-order valence-corrected chi connectivity index (χ4v) is 4.91. The number of carbonyl (C=O) groups excluding carboxylic acids is 2. The summed E-state index contributed by atoms with van der Waals surface area (Å²) >= 11 is 0. The Kier molecular flexibility index (Phi) is 8.53. The number of likely N-dealkylation sites (tertiary alicyclic amines) is 1. The Morgan fingerprint density at radius 1 is 0.947 bits per heavy atom. The van der Waals surface area contributed by atoms with E-state index in [-0.39, 0.29) is 36.7 Å². The highest BCUT2D eigenvalue weighted by molar-refractivity contribution is 5.96. The number of aliphatic carboxylic acids is 1. The predicted octanol–water partition coefficient (Wildman–Crippen LogP) is 3.69. The summed E-state index contributed by atoms with van der Waals surface area (Å²) in [4.78, 5) is 38.9. The van der Waals surface area contributed by atoms with E-state index >= 15 is 0 Å². The van der Waals surface area contributed by atoms with Crippen molar-refractivity contribution in [3.63, 3.8) is 0 Å². The van der Waals surface area contributed by atoms with E-state index in [4.69, 9.17) is 11.1 Å². The van der Waals surface area contributed by atoms with Gasteiger partial charge in [-0.3, -0.25) is 19.8 Å². The van der Waals surface area contributed by atoms with Crippen molar-refractivity contribution in [3.8, 4) is 11.1 Å². The molecule has 0 aliphatic carbocycles. The number of aryl methyl sites for hydroxylation is 1.